The van der Waals surface area contributed by atoms with Gasteiger partial charge in [-0.05, 0) is 78.1 Å². The zero-order valence-electron chi connectivity index (χ0n) is 24.3. The minimum Gasteiger partial charge on any atom is -0.469 e. The number of esters is 1. The molecule has 5 rings (SSSR count). The van der Waals surface area contributed by atoms with E-state index in [1.165, 1.54) is 7.11 Å². The average molecular weight is 526 g/mol. The third-order valence-corrected chi connectivity index (χ3v) is 8.45. The molecule has 0 spiro atoms. The van der Waals surface area contributed by atoms with E-state index in [0.29, 0.717) is 0 Å². The molecule has 3 unspecified atom stereocenters. The van der Waals surface area contributed by atoms with E-state index in [2.05, 4.69) is 29.2 Å². The van der Waals surface area contributed by atoms with Gasteiger partial charge in [-0.15, -0.1) is 0 Å². The highest BCUT2D eigenvalue weighted by molar-refractivity contribution is 5.95. The van der Waals surface area contributed by atoms with Crippen LogP contribution in [0.25, 0.3) is 11.1 Å². The molecule has 1 amide bonds. The summed E-state index contributed by atoms with van der Waals surface area (Å²) in [6.07, 6.45) is 6.75. The molecule has 3 atom stereocenters. The Balaban J connectivity index is 1.44. The highest BCUT2D eigenvalue weighted by Crippen LogP contribution is 2.44. The van der Waals surface area contributed by atoms with Gasteiger partial charge in [0, 0.05) is 31.4 Å². The Morgan fingerprint density at radius 3 is 2.10 bits per heavy atom. The number of hydrogen-bond acceptors (Lipinski definition) is 4. The number of ether oxygens (including phenoxy) is 1. The third kappa shape index (κ3) is 6.03. The topological polar surface area (TPSA) is 49.9 Å². The summed E-state index contributed by atoms with van der Waals surface area (Å²) in [6.45, 7) is -0.868. The second-order valence-electron chi connectivity index (χ2n) is 11.1. The van der Waals surface area contributed by atoms with Gasteiger partial charge in [0.15, 0.2) is 0 Å². The normalized spacial score (nSPS) is 20.3. The Morgan fingerprint density at radius 1 is 0.846 bits per heavy atom. The fourth-order valence-electron chi connectivity index (χ4n) is 5.91. The first-order chi connectivity index (χ1) is 19.4. The van der Waals surface area contributed by atoms with Crippen LogP contribution in [0.5, 0.6) is 0 Å². The number of carbonyl (C=O) groups is 2. The van der Waals surface area contributed by atoms with Gasteiger partial charge in [0.05, 0.1) is 20.9 Å². The average Bonchev–Trinajstić information content (AvgIpc) is 2.97. The van der Waals surface area contributed by atoms with Crippen molar-refractivity contribution in [3.63, 3.8) is 0 Å². The number of benzene rings is 3. The van der Waals surface area contributed by atoms with Crippen molar-refractivity contribution in [3.8, 4) is 11.1 Å². The Morgan fingerprint density at radius 2 is 1.51 bits per heavy atom. The van der Waals surface area contributed by atoms with E-state index in [4.69, 9.17) is 4.74 Å². The van der Waals surface area contributed by atoms with Crippen molar-refractivity contribution in [1.82, 2.24) is 0 Å². The lowest BCUT2D eigenvalue weighted by atomic mass is 9.70. The van der Waals surface area contributed by atoms with Crippen molar-refractivity contribution in [2.45, 2.75) is 57.4 Å². The maximum absolute atomic E-state index is 14.0. The van der Waals surface area contributed by atoms with Gasteiger partial charge in [-0.2, -0.15) is 0 Å². The Labute approximate surface area is 234 Å². The Bertz CT molecular complexity index is 1320. The first-order valence-corrected chi connectivity index (χ1v) is 14.2. The van der Waals surface area contributed by atoms with Crippen molar-refractivity contribution >= 4 is 23.3 Å². The minimum absolute atomic E-state index is 0.0262. The van der Waals surface area contributed by atoms with Crippen molar-refractivity contribution in [2.75, 3.05) is 31.0 Å². The Kier molecular flexibility index (Phi) is 7.94. The molecule has 0 radical (unpaired) electrons. The van der Waals surface area contributed by atoms with Gasteiger partial charge in [-0.3, -0.25) is 9.59 Å². The molecule has 2 fully saturated rings. The zero-order chi connectivity index (χ0) is 28.2. The van der Waals surface area contributed by atoms with Crippen LogP contribution in [0.1, 0.15) is 63.4 Å². The summed E-state index contributed by atoms with van der Waals surface area (Å²) in [6, 6.07) is 24.3. The van der Waals surface area contributed by atoms with E-state index in [-0.39, 0.29) is 29.6 Å². The molecule has 2 aliphatic rings. The summed E-state index contributed by atoms with van der Waals surface area (Å²) in [5.41, 5.74) is 5.87. The van der Waals surface area contributed by atoms with Gasteiger partial charge < -0.3 is 14.5 Å². The maximum atomic E-state index is 14.0. The number of amides is 1. The summed E-state index contributed by atoms with van der Waals surface area (Å²) >= 11 is 0. The van der Waals surface area contributed by atoms with E-state index in [1.807, 2.05) is 62.6 Å². The molecule has 39 heavy (non-hydrogen) atoms. The maximum Gasteiger partial charge on any atom is 0.309 e. The summed E-state index contributed by atoms with van der Waals surface area (Å²) in [4.78, 5) is 30.0. The monoisotopic (exact) mass is 525 g/mol. The number of methoxy groups -OCH3 is 1. The first kappa shape index (κ1) is 25.7. The van der Waals surface area contributed by atoms with Gasteiger partial charge >= 0.3 is 5.97 Å². The van der Waals surface area contributed by atoms with Gasteiger partial charge in [-0.1, -0.05) is 67.8 Å². The second kappa shape index (κ2) is 12.1. The lowest BCUT2D eigenvalue weighted by Gasteiger charge is -2.35. The first-order valence-electron chi connectivity index (χ1n) is 14.8. The standard InChI is InChI=1S/C34H40N2O3/c1-35(2)29-18-16-26(17-19-29)25-14-12-24(13-15-25)23-36(33(37)27-8-5-4-6-9-27)30-11-7-10-28(22-30)31-20-21-32(31)34(38)39-3/h7,10-19,22,27,31-32H,4-6,8-9,20-21,23H2,1-3H3/i23D. The number of nitrogens with zero attached hydrogens (tertiary/aromatic N) is 2. The second-order valence-corrected chi connectivity index (χ2v) is 11.1. The molecule has 0 bridgehead atoms. The molecule has 204 valence electrons. The number of hydrogen-bond donors (Lipinski definition) is 0. The summed E-state index contributed by atoms with van der Waals surface area (Å²) in [5.74, 6) is -0.272. The van der Waals surface area contributed by atoms with Crippen LogP contribution in [-0.2, 0) is 20.8 Å². The van der Waals surface area contributed by atoms with E-state index in [1.54, 1.807) is 4.90 Å². The molecule has 0 saturated heterocycles. The summed E-state index contributed by atoms with van der Waals surface area (Å²) < 4.78 is 14.3. The fourth-order valence-corrected chi connectivity index (χ4v) is 5.91. The van der Waals surface area contributed by atoms with Crippen LogP contribution in [0.4, 0.5) is 11.4 Å². The summed E-state index contributed by atoms with van der Waals surface area (Å²) in [7, 11) is 5.49. The van der Waals surface area contributed by atoms with Gasteiger partial charge in [0.2, 0.25) is 5.91 Å². The quantitative estimate of drug-likeness (QED) is 0.292. The van der Waals surface area contributed by atoms with Gasteiger partial charge in [0.1, 0.15) is 0 Å². The van der Waals surface area contributed by atoms with Crippen LogP contribution in [0.15, 0.2) is 72.8 Å². The van der Waals surface area contributed by atoms with Crippen molar-refractivity contribution in [3.05, 3.63) is 83.9 Å². The molecule has 2 aliphatic carbocycles. The zero-order valence-corrected chi connectivity index (χ0v) is 23.3. The van der Waals surface area contributed by atoms with Crippen molar-refractivity contribution in [2.24, 2.45) is 11.8 Å². The van der Waals surface area contributed by atoms with Gasteiger partial charge in [0.25, 0.3) is 0 Å². The third-order valence-electron chi connectivity index (χ3n) is 8.45. The van der Waals surface area contributed by atoms with Crippen molar-refractivity contribution < 1.29 is 15.7 Å². The number of rotatable bonds is 8. The van der Waals surface area contributed by atoms with E-state index in [0.717, 1.165) is 78.6 Å². The smallest absolute Gasteiger partial charge is 0.309 e. The van der Waals surface area contributed by atoms with Crippen LogP contribution in [-0.4, -0.2) is 33.1 Å². The van der Waals surface area contributed by atoms with Crippen LogP contribution in [0, 0.1) is 11.8 Å². The van der Waals surface area contributed by atoms with Crippen LogP contribution in [0.3, 0.4) is 0 Å². The SMILES string of the molecule is [2H]C(c1ccc(-c2ccc(N(C)C)cc2)cc1)N(C(=O)C1CCCCC1)c1cccc(C2CCC2C(=O)OC)c1. The fraction of sp³-hybridized carbons (Fsp3) is 0.412. The van der Waals surface area contributed by atoms with E-state index in [9.17, 15) is 11.0 Å². The number of anilines is 2. The summed E-state index contributed by atoms with van der Waals surface area (Å²) in [5, 5.41) is 0. The molecule has 0 aromatic heterocycles. The molecule has 0 N–H and O–H groups in total. The van der Waals surface area contributed by atoms with Crippen LogP contribution < -0.4 is 9.80 Å². The minimum atomic E-state index is -0.868. The van der Waals surface area contributed by atoms with Gasteiger partial charge in [-0.25, -0.2) is 0 Å². The highest BCUT2D eigenvalue weighted by atomic mass is 16.5. The van der Waals surface area contributed by atoms with Crippen molar-refractivity contribution in [1.29, 1.82) is 0 Å². The van der Waals surface area contributed by atoms with E-state index < -0.39 is 6.52 Å². The molecule has 5 heteroatoms. The number of carbonyl (C=O) groups excluding carboxylic acids is 2. The van der Waals surface area contributed by atoms with E-state index >= 15 is 0 Å². The molecule has 0 aliphatic heterocycles. The van der Waals surface area contributed by atoms with Crippen LogP contribution in [0.2, 0.25) is 0 Å². The molecule has 0 heterocycles. The molecular formula is C34H40N2O3. The lowest BCUT2D eigenvalue weighted by molar-refractivity contribution is -0.149. The predicted octanol–water partition coefficient (Wildman–Crippen LogP) is 7.20. The largest absolute Gasteiger partial charge is 0.469 e. The lowest BCUT2D eigenvalue weighted by Crippen LogP contribution is -2.37. The molecule has 5 nitrogen and oxygen atoms in total. The predicted molar refractivity (Wildman–Crippen MR) is 158 cm³/mol. The molecule has 3 aromatic carbocycles. The van der Waals surface area contributed by atoms with Crippen LogP contribution >= 0.6 is 0 Å². The highest BCUT2D eigenvalue weighted by Gasteiger charge is 2.38. The molecule has 2 saturated carbocycles. The Hall–Kier alpha value is -3.60. The molecular weight excluding hydrogens is 484 g/mol. The molecule has 3 aromatic rings.